The van der Waals surface area contributed by atoms with Gasteiger partial charge in [-0.25, -0.2) is 0 Å². The van der Waals surface area contributed by atoms with Gasteiger partial charge < -0.3 is 50.5 Å². The summed E-state index contributed by atoms with van der Waals surface area (Å²) in [4.78, 5) is 13.0. The zero-order chi connectivity index (χ0) is 38.4. The van der Waals surface area contributed by atoms with Crippen LogP contribution in [0.3, 0.4) is 0 Å². The van der Waals surface area contributed by atoms with E-state index in [-0.39, 0.29) is 6.42 Å². The van der Waals surface area contributed by atoms with Gasteiger partial charge in [-0.15, -0.1) is 0 Å². The number of unbranched alkanes of at least 4 members (excludes halogenated alkanes) is 20. The van der Waals surface area contributed by atoms with Crippen molar-refractivity contribution in [2.75, 3.05) is 13.2 Å². The van der Waals surface area contributed by atoms with Crippen molar-refractivity contribution in [1.82, 2.24) is 5.32 Å². The van der Waals surface area contributed by atoms with E-state index in [0.29, 0.717) is 19.3 Å². The quantitative estimate of drug-likeness (QED) is 0.0299. The monoisotopic (exact) mass is 746 g/mol. The maximum absolute atomic E-state index is 13.0. The fraction of sp³-hybridized carbons (Fsp3) is 0.927. The number of hydrogen-bond acceptors (Lipinski definition) is 10. The van der Waals surface area contributed by atoms with Gasteiger partial charge in [0.05, 0.1) is 25.4 Å². The lowest BCUT2D eigenvalue weighted by molar-refractivity contribution is -0.303. The normalized spacial score (nSPS) is 23.1. The number of amides is 1. The molecule has 9 atom stereocenters. The molecule has 1 rings (SSSR count). The molecule has 1 aliphatic rings. The molecule has 0 saturated carbocycles. The molecule has 0 aromatic rings. The van der Waals surface area contributed by atoms with Crippen LogP contribution >= 0.6 is 0 Å². The Morgan fingerprint density at radius 3 is 1.62 bits per heavy atom. The number of nitrogens with one attached hydrogen (secondary N) is 1. The highest BCUT2D eigenvalue weighted by Gasteiger charge is 2.44. The molecule has 8 N–H and O–H groups in total. The first kappa shape index (κ1) is 48.9. The van der Waals surface area contributed by atoms with Crippen molar-refractivity contribution in [2.45, 2.75) is 229 Å². The zero-order valence-corrected chi connectivity index (χ0v) is 32.8. The molecule has 0 spiro atoms. The molecule has 52 heavy (non-hydrogen) atoms. The lowest BCUT2D eigenvalue weighted by Gasteiger charge is -2.40. The summed E-state index contributed by atoms with van der Waals surface area (Å²) in [5.74, 6) is -0.708. The molecular formula is C41H79NO10. The highest BCUT2D eigenvalue weighted by atomic mass is 16.7. The van der Waals surface area contributed by atoms with Crippen LogP contribution < -0.4 is 5.32 Å². The minimum absolute atomic E-state index is 0.247. The third-order valence-corrected chi connectivity index (χ3v) is 10.3. The van der Waals surface area contributed by atoms with Crippen molar-refractivity contribution in [2.24, 2.45) is 0 Å². The van der Waals surface area contributed by atoms with E-state index in [1.807, 2.05) is 0 Å². The topological polar surface area (TPSA) is 189 Å². The van der Waals surface area contributed by atoms with Crippen molar-refractivity contribution < 1.29 is 50.0 Å². The molecule has 0 bridgehead atoms. The largest absolute Gasteiger partial charge is 0.394 e. The first-order valence-electron chi connectivity index (χ1n) is 21.1. The molecule has 308 valence electrons. The summed E-state index contributed by atoms with van der Waals surface area (Å²) in [6, 6.07) is -1.17. The predicted octanol–water partition coefficient (Wildman–Crippen LogP) is 5.72. The standard InChI is InChI=1S/C41H79NO10/c1-3-5-7-9-11-13-14-15-16-17-18-19-20-21-23-25-27-29-34(45)40(50)42-32(31-51-41-39(49)38(48)37(47)35(30-43)52-41)36(46)33(44)28-26-24-22-12-10-8-6-4-2/h18-19,32-39,41,43-49H,3-17,20-31H2,1-2H3,(H,42,50)/b19-18-. The van der Waals surface area contributed by atoms with Crippen LogP contribution in [0.5, 0.6) is 0 Å². The average molecular weight is 746 g/mol. The summed E-state index contributed by atoms with van der Waals surface area (Å²) in [5, 5.41) is 75.2. The first-order chi connectivity index (χ1) is 25.2. The van der Waals surface area contributed by atoms with Gasteiger partial charge in [-0.3, -0.25) is 4.79 Å². The number of ether oxygens (including phenoxy) is 2. The van der Waals surface area contributed by atoms with E-state index in [2.05, 4.69) is 31.3 Å². The number of carbonyl (C=O) groups is 1. The molecule has 1 amide bonds. The molecule has 0 radical (unpaired) electrons. The van der Waals surface area contributed by atoms with Crippen molar-refractivity contribution in [1.29, 1.82) is 0 Å². The van der Waals surface area contributed by atoms with Gasteiger partial charge >= 0.3 is 0 Å². The first-order valence-corrected chi connectivity index (χ1v) is 21.1. The Kier molecular flexibility index (Phi) is 30.2. The zero-order valence-electron chi connectivity index (χ0n) is 32.8. The fourth-order valence-corrected chi connectivity index (χ4v) is 6.73. The molecule has 1 aliphatic heterocycles. The summed E-state index contributed by atoms with van der Waals surface area (Å²) in [7, 11) is 0. The van der Waals surface area contributed by atoms with E-state index in [9.17, 15) is 40.5 Å². The lowest BCUT2D eigenvalue weighted by Crippen LogP contribution is -2.60. The van der Waals surface area contributed by atoms with Crippen molar-refractivity contribution in [3.8, 4) is 0 Å². The fourth-order valence-electron chi connectivity index (χ4n) is 6.73. The maximum atomic E-state index is 13.0. The van der Waals surface area contributed by atoms with Gasteiger partial charge in [-0.2, -0.15) is 0 Å². The third-order valence-electron chi connectivity index (χ3n) is 10.3. The summed E-state index contributed by atoms with van der Waals surface area (Å²) < 4.78 is 11.0. The van der Waals surface area contributed by atoms with Gasteiger partial charge in [0, 0.05) is 0 Å². The smallest absolute Gasteiger partial charge is 0.249 e. The van der Waals surface area contributed by atoms with Crippen molar-refractivity contribution >= 4 is 5.91 Å². The second kappa shape index (κ2) is 32.1. The average Bonchev–Trinajstić information content (AvgIpc) is 3.14. The predicted molar refractivity (Wildman–Crippen MR) is 206 cm³/mol. The molecule has 0 aromatic carbocycles. The third kappa shape index (κ3) is 22.3. The Bertz CT molecular complexity index is 861. The van der Waals surface area contributed by atoms with Gasteiger partial charge in [-0.05, 0) is 38.5 Å². The molecule has 1 saturated heterocycles. The molecule has 9 unspecified atom stereocenters. The van der Waals surface area contributed by atoms with Crippen LogP contribution in [0.25, 0.3) is 0 Å². The molecule has 1 fully saturated rings. The van der Waals surface area contributed by atoms with E-state index in [1.165, 1.54) is 83.5 Å². The van der Waals surface area contributed by atoms with Crippen LogP contribution in [0.2, 0.25) is 0 Å². The Hall–Kier alpha value is -1.15. The number of hydrogen-bond donors (Lipinski definition) is 8. The summed E-state index contributed by atoms with van der Waals surface area (Å²) in [6.45, 7) is 3.37. The van der Waals surface area contributed by atoms with Crippen LogP contribution in [-0.4, -0.2) is 110 Å². The second-order valence-electron chi connectivity index (χ2n) is 15.1. The minimum Gasteiger partial charge on any atom is -0.394 e. The molecule has 0 aliphatic carbocycles. The highest BCUT2D eigenvalue weighted by molar-refractivity contribution is 5.80. The summed E-state index contributed by atoms with van der Waals surface area (Å²) in [6.07, 6.45) is 20.0. The summed E-state index contributed by atoms with van der Waals surface area (Å²) >= 11 is 0. The molecule has 11 nitrogen and oxygen atoms in total. The van der Waals surface area contributed by atoms with Crippen LogP contribution in [0.15, 0.2) is 12.2 Å². The van der Waals surface area contributed by atoms with Crippen molar-refractivity contribution in [3.05, 3.63) is 12.2 Å². The van der Waals surface area contributed by atoms with E-state index in [1.54, 1.807) is 0 Å². The Morgan fingerprint density at radius 2 is 1.12 bits per heavy atom. The van der Waals surface area contributed by atoms with Crippen LogP contribution in [0, 0.1) is 0 Å². The Morgan fingerprint density at radius 1 is 0.654 bits per heavy atom. The maximum Gasteiger partial charge on any atom is 0.249 e. The number of allylic oxidation sites excluding steroid dienone is 2. The minimum atomic E-state index is -1.66. The molecule has 1 heterocycles. The van der Waals surface area contributed by atoms with E-state index < -0.39 is 74.2 Å². The van der Waals surface area contributed by atoms with Crippen LogP contribution in [0.1, 0.15) is 174 Å². The number of rotatable bonds is 34. The number of carbonyl (C=O) groups excluding carboxylic acids is 1. The SMILES string of the molecule is CCCCCCCCCCC/C=C\CCCCCCC(O)C(=O)NC(COC1OC(CO)C(O)C(O)C1O)C(O)C(O)CCCCCCCCCC. The van der Waals surface area contributed by atoms with E-state index in [4.69, 9.17) is 9.47 Å². The number of aliphatic hydroxyl groups excluding tert-OH is 7. The highest BCUT2D eigenvalue weighted by Crippen LogP contribution is 2.23. The lowest BCUT2D eigenvalue weighted by atomic mass is 9.98. The van der Waals surface area contributed by atoms with Crippen LogP contribution in [-0.2, 0) is 14.3 Å². The molecular weight excluding hydrogens is 666 g/mol. The Labute approximate surface area is 315 Å². The molecule has 11 heteroatoms. The van der Waals surface area contributed by atoms with E-state index in [0.717, 1.165) is 51.4 Å². The van der Waals surface area contributed by atoms with Gasteiger partial charge in [-0.1, -0.05) is 148 Å². The van der Waals surface area contributed by atoms with Gasteiger partial charge in [0.2, 0.25) is 5.91 Å². The number of aliphatic hydroxyl groups is 7. The second-order valence-corrected chi connectivity index (χ2v) is 15.1. The summed E-state index contributed by atoms with van der Waals surface area (Å²) in [5.41, 5.74) is 0. The van der Waals surface area contributed by atoms with Crippen molar-refractivity contribution in [3.63, 3.8) is 0 Å². The molecule has 0 aromatic heterocycles. The van der Waals surface area contributed by atoms with Gasteiger partial charge in [0.25, 0.3) is 0 Å². The van der Waals surface area contributed by atoms with Gasteiger partial charge in [0.1, 0.15) is 36.6 Å². The van der Waals surface area contributed by atoms with Gasteiger partial charge in [0.15, 0.2) is 6.29 Å². The van der Waals surface area contributed by atoms with Crippen LogP contribution in [0.4, 0.5) is 0 Å². The Balaban J connectivity index is 2.47. The van der Waals surface area contributed by atoms with E-state index >= 15 is 0 Å².